The Bertz CT molecular complexity index is 847. The van der Waals surface area contributed by atoms with Gasteiger partial charge in [-0.05, 0) is 42.8 Å². The minimum absolute atomic E-state index is 0.191. The molecule has 0 radical (unpaired) electrons. The summed E-state index contributed by atoms with van der Waals surface area (Å²) in [6.45, 7) is 2.78. The number of amides is 1. The van der Waals surface area contributed by atoms with Crippen LogP contribution < -0.4 is 0 Å². The Morgan fingerprint density at radius 1 is 1.08 bits per heavy atom. The van der Waals surface area contributed by atoms with E-state index in [0.717, 1.165) is 13.0 Å². The quantitative estimate of drug-likeness (QED) is 0.850. The lowest BCUT2D eigenvalue weighted by molar-refractivity contribution is 0.0760. The molecule has 1 aliphatic rings. The predicted octanol–water partition coefficient (Wildman–Crippen LogP) is 3.18. The van der Waals surface area contributed by atoms with Gasteiger partial charge in [0.15, 0.2) is 0 Å². The maximum Gasteiger partial charge on any atom is 0.254 e. The van der Waals surface area contributed by atoms with E-state index in [2.05, 4.69) is 4.90 Å². The van der Waals surface area contributed by atoms with Crippen LogP contribution in [0.2, 0.25) is 0 Å². The Morgan fingerprint density at radius 3 is 2.69 bits per heavy atom. The summed E-state index contributed by atoms with van der Waals surface area (Å²) >= 11 is 0. The summed E-state index contributed by atoms with van der Waals surface area (Å²) in [5.41, 5.74) is 1.25. The molecule has 3 rings (SSSR count). The summed E-state index contributed by atoms with van der Waals surface area (Å²) in [5, 5.41) is 8.97. The van der Waals surface area contributed by atoms with Crippen molar-refractivity contribution in [3.8, 4) is 6.07 Å². The Balaban J connectivity index is 1.65. The molecular formula is C20H19F2N3O. The highest BCUT2D eigenvalue weighted by Gasteiger charge is 2.21. The van der Waals surface area contributed by atoms with Crippen LogP contribution in [0.15, 0.2) is 42.5 Å². The molecular weight excluding hydrogens is 336 g/mol. The Labute approximate surface area is 151 Å². The summed E-state index contributed by atoms with van der Waals surface area (Å²) in [6, 6.07) is 12.0. The molecule has 0 unspecified atom stereocenters. The highest BCUT2D eigenvalue weighted by Crippen LogP contribution is 2.16. The molecule has 1 heterocycles. The molecule has 0 N–H and O–H groups in total. The smallest absolute Gasteiger partial charge is 0.254 e. The van der Waals surface area contributed by atoms with Gasteiger partial charge in [-0.3, -0.25) is 9.69 Å². The van der Waals surface area contributed by atoms with Crippen LogP contribution >= 0.6 is 0 Å². The van der Waals surface area contributed by atoms with Gasteiger partial charge in [0, 0.05) is 43.9 Å². The normalized spacial score (nSPS) is 15.3. The average molecular weight is 355 g/mol. The third kappa shape index (κ3) is 4.24. The van der Waals surface area contributed by atoms with Crippen LogP contribution in [0.3, 0.4) is 0 Å². The molecule has 134 valence electrons. The fourth-order valence-electron chi connectivity index (χ4n) is 3.14. The molecule has 0 atom stereocenters. The molecule has 6 heteroatoms. The molecule has 0 saturated carbocycles. The molecule has 1 saturated heterocycles. The number of hydrogen-bond donors (Lipinski definition) is 0. The van der Waals surface area contributed by atoms with Crippen LogP contribution in [0.4, 0.5) is 8.78 Å². The van der Waals surface area contributed by atoms with Crippen molar-refractivity contribution in [1.82, 2.24) is 9.80 Å². The van der Waals surface area contributed by atoms with Gasteiger partial charge in [-0.2, -0.15) is 5.26 Å². The maximum atomic E-state index is 14.0. The minimum atomic E-state index is -0.430. The second kappa shape index (κ2) is 8.07. The lowest BCUT2D eigenvalue weighted by atomic mass is 10.1. The van der Waals surface area contributed by atoms with Gasteiger partial charge in [0.25, 0.3) is 5.91 Å². The van der Waals surface area contributed by atoms with Crippen molar-refractivity contribution >= 4 is 5.91 Å². The van der Waals surface area contributed by atoms with Gasteiger partial charge in [0.1, 0.15) is 11.6 Å². The number of hydrogen-bond acceptors (Lipinski definition) is 3. The molecule has 1 fully saturated rings. The zero-order chi connectivity index (χ0) is 18.5. The number of rotatable bonds is 3. The fraction of sp³-hybridized carbons (Fsp3) is 0.300. The van der Waals surface area contributed by atoms with Crippen LogP contribution in [0.25, 0.3) is 0 Å². The molecule has 0 aromatic heterocycles. The third-order valence-electron chi connectivity index (χ3n) is 4.52. The maximum absolute atomic E-state index is 14.0. The van der Waals surface area contributed by atoms with Crippen molar-refractivity contribution < 1.29 is 13.6 Å². The Kier molecular flexibility index (Phi) is 5.59. The van der Waals surface area contributed by atoms with Crippen LogP contribution in [0, 0.1) is 23.0 Å². The van der Waals surface area contributed by atoms with Crippen molar-refractivity contribution in [1.29, 1.82) is 5.26 Å². The molecule has 2 aromatic rings. The van der Waals surface area contributed by atoms with E-state index in [-0.39, 0.29) is 11.7 Å². The molecule has 4 nitrogen and oxygen atoms in total. The summed E-state index contributed by atoms with van der Waals surface area (Å²) < 4.78 is 27.3. The SMILES string of the molecule is N#Cc1ccc(F)c(CN2CCCN(C(=O)c3cccc(F)c3)CC2)c1. The second-order valence-electron chi connectivity index (χ2n) is 6.35. The van der Waals surface area contributed by atoms with Crippen molar-refractivity contribution in [3.63, 3.8) is 0 Å². The van der Waals surface area contributed by atoms with E-state index in [1.54, 1.807) is 17.0 Å². The highest BCUT2D eigenvalue weighted by atomic mass is 19.1. The molecule has 0 aliphatic carbocycles. The monoisotopic (exact) mass is 355 g/mol. The van der Waals surface area contributed by atoms with Gasteiger partial charge in [-0.15, -0.1) is 0 Å². The highest BCUT2D eigenvalue weighted by molar-refractivity contribution is 5.94. The predicted molar refractivity (Wildman–Crippen MR) is 93.3 cm³/mol. The molecule has 26 heavy (non-hydrogen) atoms. The Hall–Kier alpha value is -2.78. The lowest BCUT2D eigenvalue weighted by Gasteiger charge is -2.22. The summed E-state index contributed by atoms with van der Waals surface area (Å²) in [6.07, 6.45) is 0.751. The first kappa shape index (κ1) is 18.0. The minimum Gasteiger partial charge on any atom is -0.337 e. The molecule has 0 bridgehead atoms. The van der Waals surface area contributed by atoms with Gasteiger partial charge < -0.3 is 4.90 Å². The molecule has 1 aliphatic heterocycles. The molecule has 1 amide bonds. The first-order chi connectivity index (χ1) is 12.6. The number of carbonyl (C=O) groups excluding carboxylic acids is 1. The first-order valence-electron chi connectivity index (χ1n) is 8.52. The summed E-state index contributed by atoms with van der Waals surface area (Å²) in [7, 11) is 0. The average Bonchev–Trinajstić information content (AvgIpc) is 2.88. The second-order valence-corrected chi connectivity index (χ2v) is 6.35. The van der Waals surface area contributed by atoms with E-state index in [1.165, 1.54) is 30.3 Å². The van der Waals surface area contributed by atoms with Crippen LogP contribution in [-0.4, -0.2) is 41.9 Å². The number of nitrogens with zero attached hydrogens (tertiary/aromatic N) is 3. The van der Waals surface area contributed by atoms with Crippen molar-refractivity contribution in [2.45, 2.75) is 13.0 Å². The zero-order valence-corrected chi connectivity index (χ0v) is 14.3. The zero-order valence-electron chi connectivity index (χ0n) is 14.3. The van der Waals surface area contributed by atoms with Crippen molar-refractivity contribution in [2.24, 2.45) is 0 Å². The number of benzene rings is 2. The van der Waals surface area contributed by atoms with Gasteiger partial charge in [-0.25, -0.2) is 8.78 Å². The largest absolute Gasteiger partial charge is 0.337 e. The van der Waals surface area contributed by atoms with E-state index in [1.807, 2.05) is 6.07 Å². The number of nitriles is 1. The van der Waals surface area contributed by atoms with Gasteiger partial charge in [-0.1, -0.05) is 6.07 Å². The van der Waals surface area contributed by atoms with E-state index in [0.29, 0.717) is 42.9 Å². The first-order valence-corrected chi connectivity index (χ1v) is 8.52. The van der Waals surface area contributed by atoms with Crippen molar-refractivity contribution in [3.05, 3.63) is 70.8 Å². The van der Waals surface area contributed by atoms with E-state index >= 15 is 0 Å². The number of halogens is 2. The van der Waals surface area contributed by atoms with Crippen LogP contribution in [0.5, 0.6) is 0 Å². The van der Waals surface area contributed by atoms with E-state index in [4.69, 9.17) is 5.26 Å². The summed E-state index contributed by atoms with van der Waals surface area (Å²) in [4.78, 5) is 16.3. The van der Waals surface area contributed by atoms with Gasteiger partial charge >= 0.3 is 0 Å². The van der Waals surface area contributed by atoms with Gasteiger partial charge in [0.2, 0.25) is 0 Å². The van der Waals surface area contributed by atoms with Crippen molar-refractivity contribution in [2.75, 3.05) is 26.2 Å². The topological polar surface area (TPSA) is 47.3 Å². The summed E-state index contributed by atoms with van der Waals surface area (Å²) in [5.74, 6) is -0.954. The molecule has 0 spiro atoms. The van der Waals surface area contributed by atoms with Gasteiger partial charge in [0.05, 0.1) is 11.6 Å². The fourth-order valence-corrected chi connectivity index (χ4v) is 3.14. The molecule has 2 aromatic carbocycles. The van der Waals surface area contributed by atoms with Crippen LogP contribution in [-0.2, 0) is 6.54 Å². The van der Waals surface area contributed by atoms with Crippen LogP contribution in [0.1, 0.15) is 27.9 Å². The van der Waals surface area contributed by atoms with E-state index in [9.17, 15) is 13.6 Å². The standard InChI is InChI=1S/C20H19F2N3O/c21-18-4-1-3-16(12-18)20(26)25-8-2-7-24(9-10-25)14-17-11-15(13-23)5-6-19(17)22/h1,3-6,11-12H,2,7-10,14H2. The third-order valence-corrected chi connectivity index (χ3v) is 4.52. The lowest BCUT2D eigenvalue weighted by Crippen LogP contribution is -2.35. The Morgan fingerprint density at radius 2 is 1.92 bits per heavy atom. The number of carbonyl (C=O) groups is 1. The van der Waals surface area contributed by atoms with E-state index < -0.39 is 5.82 Å².